The molecule has 0 spiro atoms. The van der Waals surface area contributed by atoms with Crippen LogP contribution in [0, 0.1) is 0 Å². The van der Waals surface area contributed by atoms with Crippen molar-refractivity contribution in [3.63, 3.8) is 0 Å². The van der Waals surface area contributed by atoms with Crippen molar-refractivity contribution in [3.8, 4) is 0 Å². The van der Waals surface area contributed by atoms with Gasteiger partial charge >= 0.3 is 0 Å². The zero-order valence-electron chi connectivity index (χ0n) is 10.2. The van der Waals surface area contributed by atoms with E-state index in [-0.39, 0.29) is 6.04 Å². The maximum Gasteiger partial charge on any atom is 0.107 e. The summed E-state index contributed by atoms with van der Waals surface area (Å²) in [6.07, 6.45) is 4.73. The number of nitrogens with zero attached hydrogens (tertiary/aromatic N) is 4. The number of aryl methyl sites for hydroxylation is 2. The standard InChI is InChI=1S/C11H18N6/c1-3-7-17-10(4-6-13-17)11(14-12)9-5-8-16(2)15-9/h4-6,8,11,14H,3,7,12H2,1-2H3. The van der Waals surface area contributed by atoms with Crippen LogP contribution in [-0.4, -0.2) is 19.6 Å². The molecular weight excluding hydrogens is 216 g/mol. The van der Waals surface area contributed by atoms with Crippen molar-refractivity contribution in [1.29, 1.82) is 0 Å². The Hall–Kier alpha value is -1.66. The Morgan fingerprint density at radius 2 is 2.29 bits per heavy atom. The average molecular weight is 234 g/mol. The topological polar surface area (TPSA) is 73.7 Å². The Bertz CT molecular complexity index is 472. The lowest BCUT2D eigenvalue weighted by Crippen LogP contribution is -2.31. The van der Waals surface area contributed by atoms with Gasteiger partial charge in [0.2, 0.25) is 0 Å². The van der Waals surface area contributed by atoms with Gasteiger partial charge in [-0.15, -0.1) is 0 Å². The summed E-state index contributed by atoms with van der Waals surface area (Å²) in [6, 6.07) is 3.80. The molecule has 1 atom stereocenters. The van der Waals surface area contributed by atoms with E-state index >= 15 is 0 Å². The van der Waals surface area contributed by atoms with E-state index in [4.69, 9.17) is 5.84 Å². The second kappa shape index (κ2) is 5.11. The minimum absolute atomic E-state index is 0.120. The van der Waals surface area contributed by atoms with Gasteiger partial charge in [0.25, 0.3) is 0 Å². The van der Waals surface area contributed by atoms with Crippen molar-refractivity contribution in [3.05, 3.63) is 35.9 Å². The third-order valence-corrected chi connectivity index (χ3v) is 2.68. The number of hydrogen-bond acceptors (Lipinski definition) is 4. The lowest BCUT2D eigenvalue weighted by molar-refractivity contribution is 0.511. The zero-order chi connectivity index (χ0) is 12.3. The van der Waals surface area contributed by atoms with Gasteiger partial charge in [0, 0.05) is 26.0 Å². The average Bonchev–Trinajstić information content (AvgIpc) is 2.91. The lowest BCUT2D eigenvalue weighted by Gasteiger charge is -2.15. The maximum atomic E-state index is 5.63. The van der Waals surface area contributed by atoms with Gasteiger partial charge < -0.3 is 0 Å². The molecule has 2 rings (SSSR count). The highest BCUT2D eigenvalue weighted by atomic mass is 15.3. The minimum atomic E-state index is -0.120. The van der Waals surface area contributed by atoms with Crippen LogP contribution in [0.2, 0.25) is 0 Å². The first-order chi connectivity index (χ1) is 8.26. The molecule has 1 unspecified atom stereocenters. The van der Waals surface area contributed by atoms with Gasteiger partial charge in [-0.25, -0.2) is 5.43 Å². The van der Waals surface area contributed by atoms with Crippen LogP contribution < -0.4 is 11.3 Å². The van der Waals surface area contributed by atoms with Crippen LogP contribution in [0.25, 0.3) is 0 Å². The fraction of sp³-hybridized carbons (Fsp3) is 0.455. The highest BCUT2D eigenvalue weighted by Crippen LogP contribution is 2.19. The number of aromatic nitrogens is 4. The van der Waals surface area contributed by atoms with Gasteiger partial charge in [0.05, 0.1) is 11.4 Å². The number of hydrogen-bond donors (Lipinski definition) is 2. The van der Waals surface area contributed by atoms with Crippen molar-refractivity contribution in [2.45, 2.75) is 25.9 Å². The van der Waals surface area contributed by atoms with Gasteiger partial charge in [0.1, 0.15) is 6.04 Å². The molecule has 3 N–H and O–H groups in total. The van der Waals surface area contributed by atoms with Crippen LogP contribution in [-0.2, 0) is 13.6 Å². The summed E-state index contributed by atoms with van der Waals surface area (Å²) >= 11 is 0. The molecule has 0 amide bonds. The molecule has 0 radical (unpaired) electrons. The molecule has 2 heterocycles. The molecule has 2 aromatic heterocycles. The van der Waals surface area contributed by atoms with Gasteiger partial charge in [0.15, 0.2) is 0 Å². The third-order valence-electron chi connectivity index (χ3n) is 2.68. The summed E-state index contributed by atoms with van der Waals surface area (Å²) in [7, 11) is 1.89. The van der Waals surface area contributed by atoms with Crippen LogP contribution in [0.15, 0.2) is 24.5 Å². The highest BCUT2D eigenvalue weighted by Gasteiger charge is 2.18. The SMILES string of the molecule is CCCn1nccc1C(NN)c1ccn(C)n1. The molecule has 0 fully saturated rings. The summed E-state index contributed by atoms with van der Waals surface area (Å²) in [4.78, 5) is 0. The molecule has 6 nitrogen and oxygen atoms in total. The Morgan fingerprint density at radius 1 is 1.47 bits per heavy atom. The Morgan fingerprint density at radius 3 is 2.88 bits per heavy atom. The van der Waals surface area contributed by atoms with E-state index in [1.807, 2.05) is 30.1 Å². The molecule has 0 aliphatic heterocycles. The van der Waals surface area contributed by atoms with Crippen molar-refractivity contribution in [2.24, 2.45) is 12.9 Å². The van der Waals surface area contributed by atoms with Crippen molar-refractivity contribution in [2.75, 3.05) is 0 Å². The van der Waals surface area contributed by atoms with E-state index in [9.17, 15) is 0 Å². The van der Waals surface area contributed by atoms with E-state index in [1.54, 1.807) is 10.9 Å². The number of hydrazine groups is 1. The van der Waals surface area contributed by atoms with Crippen molar-refractivity contribution in [1.82, 2.24) is 25.0 Å². The predicted molar refractivity (Wildman–Crippen MR) is 64.9 cm³/mol. The Balaban J connectivity index is 2.31. The van der Waals surface area contributed by atoms with E-state index in [0.717, 1.165) is 24.4 Å². The van der Waals surface area contributed by atoms with E-state index in [1.165, 1.54) is 0 Å². The number of nitrogens with two attached hydrogens (primary N) is 1. The quantitative estimate of drug-likeness (QED) is 0.586. The second-order valence-corrected chi connectivity index (χ2v) is 3.99. The molecule has 0 aromatic carbocycles. The first-order valence-electron chi connectivity index (χ1n) is 5.73. The molecule has 0 aliphatic carbocycles. The highest BCUT2D eigenvalue weighted by molar-refractivity contribution is 5.20. The molecule has 0 saturated heterocycles. The summed E-state index contributed by atoms with van der Waals surface area (Å²) < 4.78 is 3.72. The van der Waals surface area contributed by atoms with E-state index < -0.39 is 0 Å². The van der Waals surface area contributed by atoms with Crippen LogP contribution >= 0.6 is 0 Å². The smallest absolute Gasteiger partial charge is 0.107 e. The largest absolute Gasteiger partial charge is 0.275 e. The Kier molecular flexibility index (Phi) is 3.55. The summed E-state index contributed by atoms with van der Waals surface area (Å²) in [5.74, 6) is 5.63. The molecule has 0 aliphatic rings. The van der Waals surface area contributed by atoms with Crippen molar-refractivity contribution < 1.29 is 0 Å². The first-order valence-corrected chi connectivity index (χ1v) is 5.73. The molecule has 0 saturated carbocycles. The van der Waals surface area contributed by atoms with E-state index in [2.05, 4.69) is 22.5 Å². The molecule has 92 valence electrons. The van der Waals surface area contributed by atoms with Crippen molar-refractivity contribution >= 4 is 0 Å². The fourth-order valence-corrected chi connectivity index (χ4v) is 1.90. The zero-order valence-corrected chi connectivity index (χ0v) is 10.2. The van der Waals surface area contributed by atoms with E-state index in [0.29, 0.717) is 0 Å². The summed E-state index contributed by atoms with van der Waals surface area (Å²) in [5.41, 5.74) is 4.73. The summed E-state index contributed by atoms with van der Waals surface area (Å²) in [6.45, 7) is 3.00. The lowest BCUT2D eigenvalue weighted by atomic mass is 10.1. The summed E-state index contributed by atoms with van der Waals surface area (Å²) in [5, 5.41) is 8.67. The minimum Gasteiger partial charge on any atom is -0.275 e. The monoisotopic (exact) mass is 234 g/mol. The van der Waals surface area contributed by atoms with Crippen LogP contribution in [0.4, 0.5) is 0 Å². The van der Waals surface area contributed by atoms with Crippen LogP contribution in [0.5, 0.6) is 0 Å². The number of rotatable bonds is 5. The van der Waals surface area contributed by atoms with Gasteiger partial charge in [-0.3, -0.25) is 15.2 Å². The molecule has 2 aromatic rings. The molecule has 6 heteroatoms. The number of nitrogens with one attached hydrogen (secondary N) is 1. The molecule has 0 bridgehead atoms. The third kappa shape index (κ3) is 2.37. The predicted octanol–water partition coefficient (Wildman–Crippen LogP) is 0.579. The van der Waals surface area contributed by atoms with Crippen LogP contribution in [0.1, 0.15) is 30.8 Å². The molecular formula is C11H18N6. The van der Waals surface area contributed by atoms with Gasteiger partial charge in [-0.05, 0) is 18.6 Å². The second-order valence-electron chi connectivity index (χ2n) is 3.99. The Labute approximate surface area is 100 Å². The molecule has 17 heavy (non-hydrogen) atoms. The fourth-order valence-electron chi connectivity index (χ4n) is 1.90. The first kappa shape index (κ1) is 11.8. The normalized spacial score (nSPS) is 12.9. The van der Waals surface area contributed by atoms with Crippen LogP contribution in [0.3, 0.4) is 0 Å². The van der Waals surface area contributed by atoms with Gasteiger partial charge in [-0.2, -0.15) is 10.2 Å². The maximum absolute atomic E-state index is 5.63. The van der Waals surface area contributed by atoms with Gasteiger partial charge in [-0.1, -0.05) is 6.92 Å².